The van der Waals surface area contributed by atoms with Crippen LogP contribution >= 0.6 is 11.3 Å². The minimum atomic E-state index is 0.137. The van der Waals surface area contributed by atoms with Gasteiger partial charge in [-0.25, -0.2) is 0 Å². The summed E-state index contributed by atoms with van der Waals surface area (Å²) in [4.78, 5) is 14.9. The molecule has 0 radical (unpaired) electrons. The number of carbonyl (C=O) groups excluding carboxylic acids is 1. The molecule has 4 heteroatoms. The third-order valence-corrected chi connectivity index (χ3v) is 3.14. The van der Waals surface area contributed by atoms with Crippen molar-refractivity contribution in [2.24, 2.45) is 0 Å². The Morgan fingerprint density at radius 3 is 2.50 bits per heavy atom. The van der Waals surface area contributed by atoms with Gasteiger partial charge in [0.1, 0.15) is 0 Å². The SMILES string of the molecule is CC.Cc1cc(C(=O)N2CCOCC2)cs1. The number of rotatable bonds is 1. The second-order valence-corrected chi connectivity index (χ2v) is 4.47. The minimum Gasteiger partial charge on any atom is -0.378 e. The molecular weight excluding hydrogens is 222 g/mol. The Morgan fingerprint density at radius 2 is 2.00 bits per heavy atom. The summed E-state index contributed by atoms with van der Waals surface area (Å²) in [5, 5.41) is 1.92. The van der Waals surface area contributed by atoms with Gasteiger partial charge in [-0.2, -0.15) is 0 Å². The van der Waals surface area contributed by atoms with E-state index in [1.165, 1.54) is 4.88 Å². The number of morpholine rings is 1. The van der Waals surface area contributed by atoms with Crippen LogP contribution in [0.15, 0.2) is 11.4 Å². The first-order valence-electron chi connectivity index (χ1n) is 5.69. The molecule has 2 rings (SSSR count). The van der Waals surface area contributed by atoms with Gasteiger partial charge in [0.25, 0.3) is 5.91 Å². The van der Waals surface area contributed by atoms with Crippen molar-refractivity contribution < 1.29 is 9.53 Å². The number of amides is 1. The molecule has 1 aromatic heterocycles. The molecule has 3 nitrogen and oxygen atoms in total. The quantitative estimate of drug-likeness (QED) is 0.756. The average Bonchev–Trinajstić information content (AvgIpc) is 2.79. The molecule has 0 unspecified atom stereocenters. The number of aryl methyl sites for hydroxylation is 1. The van der Waals surface area contributed by atoms with Gasteiger partial charge in [0.15, 0.2) is 0 Å². The molecule has 90 valence electrons. The Morgan fingerprint density at radius 1 is 1.38 bits per heavy atom. The first-order chi connectivity index (χ1) is 7.77. The lowest BCUT2D eigenvalue weighted by Gasteiger charge is -2.26. The molecule has 1 aliphatic rings. The van der Waals surface area contributed by atoms with Crippen LogP contribution in [0.1, 0.15) is 29.1 Å². The summed E-state index contributed by atoms with van der Waals surface area (Å²) < 4.78 is 5.20. The molecule has 1 amide bonds. The Bertz CT molecular complexity index is 330. The van der Waals surface area contributed by atoms with Crippen LogP contribution in [-0.2, 0) is 4.74 Å². The van der Waals surface area contributed by atoms with E-state index in [0.29, 0.717) is 26.3 Å². The van der Waals surface area contributed by atoms with E-state index in [2.05, 4.69) is 0 Å². The zero-order chi connectivity index (χ0) is 12.0. The molecule has 0 saturated carbocycles. The van der Waals surface area contributed by atoms with E-state index in [1.54, 1.807) is 11.3 Å². The Balaban J connectivity index is 0.000000606. The van der Waals surface area contributed by atoms with Crippen molar-refractivity contribution >= 4 is 17.2 Å². The lowest BCUT2D eigenvalue weighted by Crippen LogP contribution is -2.40. The zero-order valence-electron chi connectivity index (χ0n) is 10.2. The van der Waals surface area contributed by atoms with Crippen LogP contribution in [0.4, 0.5) is 0 Å². The number of nitrogens with zero attached hydrogens (tertiary/aromatic N) is 1. The van der Waals surface area contributed by atoms with Gasteiger partial charge < -0.3 is 9.64 Å². The fourth-order valence-corrected chi connectivity index (χ4v) is 2.18. The van der Waals surface area contributed by atoms with Gasteiger partial charge in [-0.05, 0) is 13.0 Å². The van der Waals surface area contributed by atoms with E-state index in [-0.39, 0.29) is 5.91 Å². The molecule has 1 fully saturated rings. The predicted molar refractivity (Wildman–Crippen MR) is 67.1 cm³/mol. The summed E-state index contributed by atoms with van der Waals surface area (Å²) in [5.41, 5.74) is 0.814. The molecule has 1 aromatic rings. The van der Waals surface area contributed by atoms with E-state index in [4.69, 9.17) is 4.74 Å². The van der Waals surface area contributed by atoms with Gasteiger partial charge in [-0.3, -0.25) is 4.79 Å². The lowest BCUT2D eigenvalue weighted by atomic mass is 10.2. The van der Waals surface area contributed by atoms with E-state index >= 15 is 0 Å². The normalized spacial score (nSPS) is 15.3. The molecular formula is C12H19NO2S. The fraction of sp³-hybridized carbons (Fsp3) is 0.583. The summed E-state index contributed by atoms with van der Waals surface area (Å²) in [6.07, 6.45) is 0. The molecule has 2 heterocycles. The molecule has 1 saturated heterocycles. The summed E-state index contributed by atoms with van der Waals surface area (Å²) in [6, 6.07) is 1.95. The van der Waals surface area contributed by atoms with Crippen molar-refractivity contribution in [2.45, 2.75) is 20.8 Å². The maximum absolute atomic E-state index is 11.9. The summed E-state index contributed by atoms with van der Waals surface area (Å²) in [6.45, 7) is 8.77. The molecule has 1 aliphatic heterocycles. The molecule has 0 aliphatic carbocycles. The first kappa shape index (κ1) is 13.2. The van der Waals surface area contributed by atoms with Gasteiger partial charge in [0.2, 0.25) is 0 Å². The van der Waals surface area contributed by atoms with Crippen LogP contribution in [0, 0.1) is 6.92 Å². The molecule has 16 heavy (non-hydrogen) atoms. The van der Waals surface area contributed by atoms with Gasteiger partial charge in [0, 0.05) is 23.3 Å². The highest BCUT2D eigenvalue weighted by molar-refractivity contribution is 7.10. The number of thiophene rings is 1. The van der Waals surface area contributed by atoms with Crippen molar-refractivity contribution in [1.29, 1.82) is 0 Å². The standard InChI is InChI=1S/C10H13NO2S.C2H6/c1-8-6-9(7-14-8)10(12)11-2-4-13-5-3-11;1-2/h6-7H,2-5H2,1H3;1-2H3. The molecule has 0 spiro atoms. The zero-order valence-corrected chi connectivity index (χ0v) is 11.0. The Kier molecular flexibility index (Phi) is 5.49. The third-order valence-electron chi connectivity index (χ3n) is 2.28. The van der Waals surface area contributed by atoms with E-state index in [1.807, 2.05) is 37.1 Å². The number of hydrogen-bond donors (Lipinski definition) is 0. The third kappa shape index (κ3) is 3.32. The molecule has 0 bridgehead atoms. The van der Waals surface area contributed by atoms with E-state index in [9.17, 15) is 4.79 Å². The highest BCUT2D eigenvalue weighted by Crippen LogP contribution is 2.15. The van der Waals surface area contributed by atoms with Gasteiger partial charge in [-0.15, -0.1) is 11.3 Å². The lowest BCUT2D eigenvalue weighted by molar-refractivity contribution is 0.0303. The van der Waals surface area contributed by atoms with Crippen LogP contribution < -0.4 is 0 Å². The van der Waals surface area contributed by atoms with E-state index < -0.39 is 0 Å². The second kappa shape index (κ2) is 6.66. The maximum atomic E-state index is 11.9. The minimum absolute atomic E-state index is 0.137. The summed E-state index contributed by atoms with van der Waals surface area (Å²) in [7, 11) is 0. The van der Waals surface area contributed by atoms with Crippen LogP contribution in [0.5, 0.6) is 0 Å². The van der Waals surface area contributed by atoms with Gasteiger partial charge in [0.05, 0.1) is 18.8 Å². The Labute approximate surface area is 101 Å². The van der Waals surface area contributed by atoms with Crippen LogP contribution in [0.3, 0.4) is 0 Å². The second-order valence-electron chi connectivity index (χ2n) is 3.35. The van der Waals surface area contributed by atoms with Crippen LogP contribution in [-0.4, -0.2) is 37.1 Å². The van der Waals surface area contributed by atoms with E-state index in [0.717, 1.165) is 5.56 Å². The monoisotopic (exact) mass is 241 g/mol. The highest BCUT2D eigenvalue weighted by Gasteiger charge is 2.18. The Hall–Kier alpha value is -0.870. The topological polar surface area (TPSA) is 29.5 Å². The fourth-order valence-electron chi connectivity index (χ4n) is 1.50. The van der Waals surface area contributed by atoms with Crippen LogP contribution in [0.25, 0.3) is 0 Å². The summed E-state index contributed by atoms with van der Waals surface area (Å²) in [5.74, 6) is 0.137. The number of carbonyl (C=O) groups is 1. The molecule has 0 aromatic carbocycles. The van der Waals surface area contributed by atoms with Crippen molar-refractivity contribution in [1.82, 2.24) is 4.90 Å². The van der Waals surface area contributed by atoms with Gasteiger partial charge in [-0.1, -0.05) is 13.8 Å². The van der Waals surface area contributed by atoms with Crippen molar-refractivity contribution in [3.8, 4) is 0 Å². The summed E-state index contributed by atoms with van der Waals surface area (Å²) >= 11 is 1.62. The smallest absolute Gasteiger partial charge is 0.254 e. The number of hydrogen-bond acceptors (Lipinski definition) is 3. The van der Waals surface area contributed by atoms with Crippen molar-refractivity contribution in [2.75, 3.05) is 26.3 Å². The first-order valence-corrected chi connectivity index (χ1v) is 6.57. The van der Waals surface area contributed by atoms with Gasteiger partial charge >= 0.3 is 0 Å². The average molecular weight is 241 g/mol. The predicted octanol–water partition coefficient (Wildman–Crippen LogP) is 2.56. The van der Waals surface area contributed by atoms with Crippen molar-refractivity contribution in [3.05, 3.63) is 21.9 Å². The maximum Gasteiger partial charge on any atom is 0.254 e. The van der Waals surface area contributed by atoms with Crippen molar-refractivity contribution in [3.63, 3.8) is 0 Å². The largest absolute Gasteiger partial charge is 0.378 e. The molecule has 0 atom stereocenters. The highest BCUT2D eigenvalue weighted by atomic mass is 32.1. The number of ether oxygens (including phenoxy) is 1. The van der Waals surface area contributed by atoms with Crippen LogP contribution in [0.2, 0.25) is 0 Å². The molecule has 0 N–H and O–H groups in total.